The Morgan fingerprint density at radius 3 is 3.18 bits per heavy atom. The molecule has 1 unspecified atom stereocenters. The summed E-state index contributed by atoms with van der Waals surface area (Å²) < 4.78 is 5.29. The molecule has 2 N–H and O–H groups in total. The van der Waals surface area contributed by atoms with Crippen molar-refractivity contribution >= 4 is 12.0 Å². The van der Waals surface area contributed by atoms with Gasteiger partial charge in [0, 0.05) is 18.8 Å². The van der Waals surface area contributed by atoms with E-state index < -0.39 is 6.23 Å². The molecule has 2 rings (SSSR count). The lowest BCUT2D eigenvalue weighted by atomic mass is 10.1. The molecule has 4 nitrogen and oxygen atoms in total. The second-order valence-corrected chi connectivity index (χ2v) is 3.94. The van der Waals surface area contributed by atoms with E-state index in [4.69, 9.17) is 10.5 Å². The maximum absolute atomic E-state index is 10.8. The Morgan fingerprint density at radius 1 is 1.65 bits per heavy atom. The molecule has 0 spiro atoms. The predicted octanol–water partition coefficient (Wildman–Crippen LogP) is 0.973. The van der Waals surface area contributed by atoms with Crippen LogP contribution in [0.1, 0.15) is 11.1 Å². The first-order valence-corrected chi connectivity index (χ1v) is 5.58. The molecule has 4 heteroatoms. The van der Waals surface area contributed by atoms with Crippen molar-refractivity contribution in [2.45, 2.75) is 12.8 Å². The van der Waals surface area contributed by atoms with Crippen molar-refractivity contribution in [2.75, 3.05) is 13.2 Å². The summed E-state index contributed by atoms with van der Waals surface area (Å²) in [6.07, 6.45) is 0.286. The molecular formula is C13H16N2O2. The highest BCUT2D eigenvalue weighted by Crippen LogP contribution is 2.23. The summed E-state index contributed by atoms with van der Waals surface area (Å²) in [4.78, 5) is 12.7. The highest BCUT2D eigenvalue weighted by molar-refractivity contribution is 5.67. The van der Waals surface area contributed by atoms with Crippen molar-refractivity contribution in [3.63, 3.8) is 0 Å². The number of benzene rings is 1. The van der Waals surface area contributed by atoms with Gasteiger partial charge in [-0.2, -0.15) is 0 Å². The van der Waals surface area contributed by atoms with Crippen molar-refractivity contribution < 1.29 is 9.53 Å². The van der Waals surface area contributed by atoms with Gasteiger partial charge in [0.2, 0.25) is 0 Å². The molecule has 1 saturated heterocycles. The number of nitrogens with zero attached hydrogens (tertiary/aromatic N) is 1. The minimum Gasteiger partial charge on any atom is -0.349 e. The Kier molecular flexibility index (Phi) is 3.56. The highest BCUT2D eigenvalue weighted by Gasteiger charge is 2.26. The Bertz CT molecular complexity index is 431. The molecule has 1 fully saturated rings. The fraction of sp³-hybridized carbons (Fsp3) is 0.308. The van der Waals surface area contributed by atoms with Gasteiger partial charge in [-0.15, -0.1) is 0 Å². The SMILES string of the molecule is C=C(c1cccc(CN)c1)N1CCOC1C=O. The zero-order valence-electron chi connectivity index (χ0n) is 9.63. The fourth-order valence-electron chi connectivity index (χ4n) is 1.93. The minimum atomic E-state index is -0.510. The van der Waals surface area contributed by atoms with Crippen LogP contribution in [0.4, 0.5) is 0 Å². The number of carbonyl (C=O) groups is 1. The summed E-state index contributed by atoms with van der Waals surface area (Å²) in [5.74, 6) is 0. The largest absolute Gasteiger partial charge is 0.349 e. The summed E-state index contributed by atoms with van der Waals surface area (Å²) in [6.45, 7) is 5.77. The maximum Gasteiger partial charge on any atom is 0.186 e. The van der Waals surface area contributed by atoms with Crippen LogP contribution in [0.25, 0.3) is 5.70 Å². The summed E-state index contributed by atoms with van der Waals surface area (Å²) in [6, 6.07) is 7.86. The number of aldehydes is 1. The predicted molar refractivity (Wildman–Crippen MR) is 65.9 cm³/mol. The van der Waals surface area contributed by atoms with Gasteiger partial charge in [-0.25, -0.2) is 0 Å². The van der Waals surface area contributed by atoms with Gasteiger partial charge in [-0.1, -0.05) is 24.8 Å². The third kappa shape index (κ3) is 2.38. The van der Waals surface area contributed by atoms with Crippen LogP contribution in [-0.4, -0.2) is 30.6 Å². The molecule has 1 heterocycles. The van der Waals surface area contributed by atoms with Gasteiger partial charge in [0.25, 0.3) is 0 Å². The van der Waals surface area contributed by atoms with E-state index in [1.54, 1.807) is 0 Å². The van der Waals surface area contributed by atoms with E-state index in [0.29, 0.717) is 19.7 Å². The van der Waals surface area contributed by atoms with Crippen LogP contribution in [0, 0.1) is 0 Å². The van der Waals surface area contributed by atoms with Crippen molar-refractivity contribution in [1.29, 1.82) is 0 Å². The van der Waals surface area contributed by atoms with Gasteiger partial charge >= 0.3 is 0 Å². The van der Waals surface area contributed by atoms with Crippen LogP contribution in [0.2, 0.25) is 0 Å². The zero-order chi connectivity index (χ0) is 12.3. The first-order chi connectivity index (χ1) is 8.26. The second-order valence-electron chi connectivity index (χ2n) is 3.94. The number of ether oxygens (including phenoxy) is 1. The molecular weight excluding hydrogens is 216 g/mol. The third-order valence-corrected chi connectivity index (χ3v) is 2.89. The summed E-state index contributed by atoms with van der Waals surface area (Å²) in [7, 11) is 0. The average Bonchev–Trinajstić information content (AvgIpc) is 2.86. The highest BCUT2D eigenvalue weighted by atomic mass is 16.5. The quantitative estimate of drug-likeness (QED) is 0.786. The van der Waals surface area contributed by atoms with Gasteiger partial charge in [0.05, 0.1) is 6.61 Å². The van der Waals surface area contributed by atoms with Gasteiger partial charge < -0.3 is 15.4 Å². The first kappa shape index (κ1) is 11.8. The van der Waals surface area contributed by atoms with E-state index in [-0.39, 0.29) is 0 Å². The number of hydrogen-bond acceptors (Lipinski definition) is 4. The van der Waals surface area contributed by atoms with Crippen molar-refractivity contribution in [3.8, 4) is 0 Å². The lowest BCUT2D eigenvalue weighted by Crippen LogP contribution is -2.29. The molecule has 0 saturated carbocycles. The molecule has 17 heavy (non-hydrogen) atoms. The van der Waals surface area contributed by atoms with Gasteiger partial charge in [0.1, 0.15) is 0 Å². The molecule has 1 aliphatic rings. The van der Waals surface area contributed by atoms with Crippen molar-refractivity contribution in [3.05, 3.63) is 42.0 Å². The molecule has 90 valence electrons. The Hall–Kier alpha value is -1.65. The monoisotopic (exact) mass is 232 g/mol. The van der Waals surface area contributed by atoms with Crippen LogP contribution < -0.4 is 5.73 Å². The Morgan fingerprint density at radius 2 is 2.47 bits per heavy atom. The van der Waals surface area contributed by atoms with E-state index >= 15 is 0 Å². The van der Waals surface area contributed by atoms with Gasteiger partial charge in [0.15, 0.2) is 12.5 Å². The molecule has 0 aromatic heterocycles. The van der Waals surface area contributed by atoms with Gasteiger partial charge in [-0.3, -0.25) is 4.79 Å². The van der Waals surface area contributed by atoms with Gasteiger partial charge in [-0.05, 0) is 17.2 Å². The summed E-state index contributed by atoms with van der Waals surface area (Å²) in [5.41, 5.74) is 8.43. The first-order valence-electron chi connectivity index (χ1n) is 5.58. The number of nitrogens with two attached hydrogens (primary N) is 1. The number of carbonyl (C=O) groups excluding carboxylic acids is 1. The fourth-order valence-corrected chi connectivity index (χ4v) is 1.93. The smallest absolute Gasteiger partial charge is 0.186 e. The standard InChI is InChI=1S/C13H16N2O2/c1-10(15-5-6-17-13(15)9-16)12-4-2-3-11(7-12)8-14/h2-4,7,9,13H,1,5-6,8,14H2. The van der Waals surface area contributed by atoms with Crippen LogP contribution in [-0.2, 0) is 16.1 Å². The van der Waals surface area contributed by atoms with Crippen LogP contribution >= 0.6 is 0 Å². The summed E-state index contributed by atoms with van der Waals surface area (Å²) >= 11 is 0. The lowest BCUT2D eigenvalue weighted by Gasteiger charge is -2.23. The normalized spacial score (nSPS) is 19.4. The molecule has 0 radical (unpaired) electrons. The van der Waals surface area contributed by atoms with E-state index in [9.17, 15) is 4.79 Å². The number of rotatable bonds is 4. The maximum atomic E-state index is 10.8. The van der Waals surface area contributed by atoms with E-state index in [2.05, 4.69) is 6.58 Å². The minimum absolute atomic E-state index is 0.495. The average molecular weight is 232 g/mol. The zero-order valence-corrected chi connectivity index (χ0v) is 9.63. The molecule has 1 aromatic carbocycles. The Balaban J connectivity index is 2.21. The molecule has 1 aromatic rings. The Labute approximate surface area is 101 Å². The molecule has 0 amide bonds. The molecule has 0 bridgehead atoms. The third-order valence-electron chi connectivity index (χ3n) is 2.89. The van der Waals surface area contributed by atoms with Crippen molar-refractivity contribution in [2.24, 2.45) is 5.73 Å². The van der Waals surface area contributed by atoms with E-state index in [1.165, 1.54) is 0 Å². The topological polar surface area (TPSA) is 55.6 Å². The van der Waals surface area contributed by atoms with Crippen LogP contribution in [0.5, 0.6) is 0 Å². The van der Waals surface area contributed by atoms with Crippen LogP contribution in [0.15, 0.2) is 30.8 Å². The van der Waals surface area contributed by atoms with Crippen LogP contribution in [0.3, 0.4) is 0 Å². The second kappa shape index (κ2) is 5.12. The number of hydrogen-bond donors (Lipinski definition) is 1. The molecule has 1 aliphatic heterocycles. The van der Waals surface area contributed by atoms with E-state index in [0.717, 1.165) is 23.1 Å². The lowest BCUT2D eigenvalue weighted by molar-refractivity contribution is -0.119. The molecule has 0 aliphatic carbocycles. The molecule has 1 atom stereocenters. The van der Waals surface area contributed by atoms with Crippen molar-refractivity contribution in [1.82, 2.24) is 4.90 Å². The van der Waals surface area contributed by atoms with E-state index in [1.807, 2.05) is 29.2 Å². The summed E-state index contributed by atoms with van der Waals surface area (Å²) in [5, 5.41) is 0.